The van der Waals surface area contributed by atoms with Crippen LogP contribution in [0.25, 0.3) is 0 Å². The van der Waals surface area contributed by atoms with E-state index in [1.807, 2.05) is 91.0 Å². The van der Waals surface area contributed by atoms with E-state index in [-0.39, 0.29) is 158 Å². The highest BCUT2D eigenvalue weighted by atomic mass is 31.2. The van der Waals surface area contributed by atoms with Gasteiger partial charge in [0.05, 0.1) is 153 Å². The maximum atomic E-state index is 15.1. The van der Waals surface area contributed by atoms with E-state index in [1.165, 1.54) is 0 Å². The van der Waals surface area contributed by atoms with Crippen molar-refractivity contribution in [1.29, 1.82) is 0 Å². The minimum Gasteiger partial charge on any atom is -0.297 e. The lowest BCUT2D eigenvalue weighted by molar-refractivity contribution is 0.159. The molecule has 33 heteroatoms. The van der Waals surface area contributed by atoms with Crippen LogP contribution in [0.2, 0.25) is 0 Å². The summed E-state index contributed by atoms with van der Waals surface area (Å²) in [5.74, 6) is 0. The van der Waals surface area contributed by atoms with Gasteiger partial charge in [0.15, 0.2) is 0 Å². The highest BCUT2D eigenvalue weighted by Gasteiger charge is 2.41. The molecule has 102 heavy (non-hydrogen) atoms. The third-order valence-electron chi connectivity index (χ3n) is 15.4. The molecule has 0 amide bonds. The Balaban J connectivity index is 1.41. The van der Waals surface area contributed by atoms with Crippen LogP contribution < -0.4 is 0 Å². The van der Waals surface area contributed by atoms with Crippen LogP contribution in [-0.2, 0) is 160 Å². The molecule has 3 aromatic heterocycles. The molecule has 0 N–H and O–H groups in total. The molecule has 12 bridgehead atoms. The zero-order chi connectivity index (χ0) is 73.8. The van der Waals surface area contributed by atoms with Crippen LogP contribution in [0.3, 0.4) is 0 Å². The number of nitrogens with zero attached hydrogens (tertiary/aromatic N) is 9. The summed E-state index contributed by atoms with van der Waals surface area (Å²) in [6.07, 6.45) is 0. The van der Waals surface area contributed by atoms with Gasteiger partial charge in [-0.3, -0.25) is 69.2 Å². The van der Waals surface area contributed by atoms with E-state index >= 15 is 27.4 Å². The van der Waals surface area contributed by atoms with Crippen molar-refractivity contribution in [3.8, 4) is 0 Å². The number of hydrogen-bond donors (Lipinski definition) is 0. The van der Waals surface area contributed by atoms with E-state index in [0.29, 0.717) is 67.5 Å². The largest absolute Gasteiger partial charge is 0.408 e. The molecule has 1 aliphatic rings. The van der Waals surface area contributed by atoms with Crippen molar-refractivity contribution in [3.63, 3.8) is 0 Å². The van der Waals surface area contributed by atoms with Gasteiger partial charge in [0.25, 0.3) is 0 Å². The molecule has 0 saturated carbocycles. The fourth-order valence-electron chi connectivity index (χ4n) is 11.5. The van der Waals surface area contributed by atoms with Gasteiger partial charge < -0.3 is 0 Å². The summed E-state index contributed by atoms with van der Waals surface area (Å²) in [7, 11) is -24.3. The van der Waals surface area contributed by atoms with Crippen molar-refractivity contribution in [2.24, 2.45) is 0 Å². The van der Waals surface area contributed by atoms with Gasteiger partial charge in [-0.15, -0.1) is 0 Å². The van der Waals surface area contributed by atoms with Crippen LogP contribution >= 0.6 is 46.5 Å². The second-order valence-corrected chi connectivity index (χ2v) is 35.2. The first kappa shape index (κ1) is 85.0. The van der Waals surface area contributed by atoms with E-state index in [2.05, 4.69) is 0 Å². The number of hydrogen-bond acceptors (Lipinski definition) is 21. The second kappa shape index (κ2) is 41.8. The van der Waals surface area contributed by atoms with E-state index < -0.39 is 46.5 Å². The normalized spacial score (nSPS) is 16.1. The Kier molecular flexibility index (Phi) is 34.8. The molecule has 564 valence electrons. The van der Waals surface area contributed by atoms with Crippen molar-refractivity contribution < 1.29 is 81.7 Å². The maximum absolute atomic E-state index is 15.1. The van der Waals surface area contributed by atoms with Gasteiger partial charge in [-0.25, -0.2) is 27.4 Å². The first-order chi connectivity index (χ1) is 49.1. The molecule has 0 spiro atoms. The van der Waals surface area contributed by atoms with Crippen LogP contribution in [-0.4, -0.2) is 122 Å². The van der Waals surface area contributed by atoms with E-state index in [1.54, 1.807) is 148 Å². The quantitative estimate of drug-likeness (QED) is 0.0379. The summed E-state index contributed by atoms with van der Waals surface area (Å²) >= 11 is 0. The Morgan fingerprint density at radius 3 is 0.480 bits per heavy atom. The minimum absolute atomic E-state index is 0.0234. The lowest BCUT2D eigenvalue weighted by Crippen LogP contribution is -2.26. The Morgan fingerprint density at radius 1 is 0.225 bits per heavy atom. The molecule has 6 aromatic rings. The Labute approximate surface area is 604 Å². The van der Waals surface area contributed by atoms with Crippen LogP contribution in [0.5, 0.6) is 0 Å². The van der Waals surface area contributed by atoms with E-state index in [0.717, 1.165) is 0 Å². The summed E-state index contributed by atoms with van der Waals surface area (Å²) in [5, 5.41) is 0. The third-order valence-corrected chi connectivity index (χ3v) is 28.3. The fraction of sp³-hybridized carbons (Fsp3) is 0.522. The molecule has 1 aliphatic heterocycles. The monoisotopic (exact) mass is 1530 g/mol. The fourth-order valence-corrected chi connectivity index (χ4v) is 21.8. The first-order valence-electron chi connectivity index (χ1n) is 35.0. The highest BCUT2D eigenvalue weighted by Crippen LogP contribution is 2.59. The predicted molar refractivity (Wildman–Crippen MR) is 393 cm³/mol. The molecule has 4 heterocycles. The maximum Gasteiger partial charge on any atom is 0.408 e. The standard InChI is InChI=1S/C69H105N9O18P6/c1-13-85-97(79,86-14-2)73-46-58-31-25-32-59(43-58)47-74(98(80,87-15-3)88-16-4)54-66-39-29-40-67(71-66)55-77(101(83,93-21-9)94-22-10)50-62-35-27-36-63(45-62)51-78(102(84,95-23-11)96-24-12)57-69-42-30-41-68(72-69)56-76(100(82,91-19-7)92-20-8)49-61-34-26-33-60(44-61)48-75(99(81,89-17-5)90-18-6)53-65-38-28-37-64(52-73)70-65/h25-45H,13-24,46-57H2,1-12H3. The molecule has 0 aliphatic carbocycles. The molecular weight excluding hydrogens is 1430 g/mol. The molecule has 7 rings (SSSR count). The second-order valence-electron chi connectivity index (χ2n) is 23.1. The molecule has 0 atom stereocenters. The molecule has 27 nitrogen and oxygen atoms in total. The van der Waals surface area contributed by atoms with Crippen molar-refractivity contribution in [3.05, 3.63) is 195 Å². The molecule has 0 radical (unpaired) electrons. The summed E-state index contributed by atoms with van der Waals surface area (Å²) in [4.78, 5) is 15.3. The number of rotatable bonds is 30. The lowest BCUT2D eigenvalue weighted by atomic mass is 10.1. The van der Waals surface area contributed by atoms with Crippen molar-refractivity contribution in [2.45, 2.75) is 162 Å². The van der Waals surface area contributed by atoms with Gasteiger partial charge >= 0.3 is 46.5 Å². The van der Waals surface area contributed by atoms with Crippen molar-refractivity contribution in [1.82, 2.24) is 43.0 Å². The van der Waals surface area contributed by atoms with Crippen molar-refractivity contribution in [2.75, 3.05) is 79.3 Å². The number of aromatic nitrogens is 3. The van der Waals surface area contributed by atoms with Gasteiger partial charge in [-0.1, -0.05) is 91.0 Å². The molecule has 3 aromatic carbocycles. The summed E-state index contributed by atoms with van der Waals surface area (Å²) in [5.41, 5.74) is 7.17. The van der Waals surface area contributed by atoms with Crippen LogP contribution in [0.1, 0.15) is 151 Å². The van der Waals surface area contributed by atoms with Gasteiger partial charge in [0.2, 0.25) is 0 Å². The van der Waals surface area contributed by atoms with Crippen molar-refractivity contribution >= 4 is 46.5 Å². The van der Waals surface area contributed by atoms with Gasteiger partial charge in [0, 0.05) is 39.3 Å². The summed E-state index contributed by atoms with van der Waals surface area (Å²) < 4.78 is 173. The number of benzene rings is 3. The zero-order valence-corrected chi connectivity index (χ0v) is 66.5. The number of fused-ring (bicyclic) bond motifs is 12. The smallest absolute Gasteiger partial charge is 0.297 e. The summed E-state index contributed by atoms with van der Waals surface area (Å²) in [6, 6.07) is 38.9. The average molecular weight is 1530 g/mol. The predicted octanol–water partition coefficient (Wildman–Crippen LogP) is 17.3. The van der Waals surface area contributed by atoms with E-state index in [9.17, 15) is 0 Å². The van der Waals surface area contributed by atoms with Crippen LogP contribution in [0.15, 0.2) is 127 Å². The Hall–Kier alpha value is -4.23. The Bertz CT molecular complexity index is 3070. The van der Waals surface area contributed by atoms with Gasteiger partial charge in [0.1, 0.15) is 0 Å². The Morgan fingerprint density at radius 2 is 0.353 bits per heavy atom. The minimum atomic E-state index is -4.05. The summed E-state index contributed by atoms with van der Waals surface area (Å²) in [6.45, 7) is 21.8. The zero-order valence-electron chi connectivity index (χ0n) is 61.2. The van der Waals surface area contributed by atoms with Crippen LogP contribution in [0, 0.1) is 0 Å². The first-order valence-corrected chi connectivity index (χ1v) is 44.0. The SMILES string of the molecule is CCOP(=O)(OCC)N1Cc2cccc(c2)CN(P(=O)(OCC)OCC)Cc2cccc(n2)CN(P(=O)(OCC)OCC)Cc2cccc(c2)CN(P(=O)(OCC)OCC)Cc2cccc(n2)CN(P(=O)(OCC)OCC)Cc2cccc(c2)CN(P(=O)(OCC)OCC)Cc2cccc(n2)C1. The van der Waals surface area contributed by atoms with Gasteiger partial charge in [-0.2, -0.15) is 28.0 Å². The van der Waals surface area contributed by atoms with Crippen LogP contribution in [0.4, 0.5) is 0 Å². The highest BCUT2D eigenvalue weighted by molar-refractivity contribution is 7.52. The molecule has 0 saturated heterocycles. The lowest BCUT2D eigenvalue weighted by Gasteiger charge is -2.32. The third kappa shape index (κ3) is 24.4. The molecule has 0 unspecified atom stereocenters. The topological polar surface area (TPSA) is 271 Å². The van der Waals surface area contributed by atoms with Gasteiger partial charge in [-0.05, 0) is 153 Å². The molecule has 0 fully saturated rings. The molecular formula is C69H105N9O18P6. The number of pyridine rings is 3. The average Bonchev–Trinajstić information content (AvgIpc) is 0.815. The van der Waals surface area contributed by atoms with E-state index in [4.69, 9.17) is 69.2 Å².